The van der Waals surface area contributed by atoms with Gasteiger partial charge in [0.2, 0.25) is 0 Å². The first-order valence-electron chi connectivity index (χ1n) is 6.97. The maximum atomic E-state index is 12.7. The van der Waals surface area contributed by atoms with Gasteiger partial charge in [-0.3, -0.25) is 0 Å². The Kier molecular flexibility index (Phi) is 11.4. The topological polar surface area (TPSA) is 57.5 Å². The summed E-state index contributed by atoms with van der Waals surface area (Å²) < 4.78 is 12.7. The van der Waals surface area contributed by atoms with E-state index in [9.17, 15) is 4.57 Å². The van der Waals surface area contributed by atoms with E-state index in [-0.39, 0.29) is 13.2 Å². The molecule has 0 aliphatic carbocycles. The van der Waals surface area contributed by atoms with Crippen LogP contribution >= 0.6 is 7.14 Å². The molecule has 0 fully saturated rings. The standard InChI is InChI=1S/C13H29O3P/c1-2-3-6-11-17(16,12-7-4-9-14)13-8-5-10-15/h14-15H,2-13H2,1H3. The Bertz CT molecular complexity index is 174. The van der Waals surface area contributed by atoms with E-state index in [0.717, 1.165) is 63.4 Å². The largest absolute Gasteiger partial charge is 0.396 e. The lowest BCUT2D eigenvalue weighted by Gasteiger charge is -2.18. The minimum atomic E-state index is -2.03. The van der Waals surface area contributed by atoms with Crippen molar-refractivity contribution in [1.29, 1.82) is 0 Å². The fourth-order valence-corrected chi connectivity index (χ4v) is 5.08. The van der Waals surface area contributed by atoms with Gasteiger partial charge in [0.1, 0.15) is 0 Å². The summed E-state index contributed by atoms with van der Waals surface area (Å²) in [7, 11) is -2.03. The van der Waals surface area contributed by atoms with E-state index >= 15 is 0 Å². The minimum absolute atomic E-state index is 0.200. The van der Waals surface area contributed by atoms with Gasteiger partial charge in [-0.05, 0) is 32.1 Å². The van der Waals surface area contributed by atoms with Crippen LogP contribution in [0.2, 0.25) is 0 Å². The van der Waals surface area contributed by atoms with E-state index in [4.69, 9.17) is 10.2 Å². The highest BCUT2D eigenvalue weighted by Crippen LogP contribution is 2.48. The average Bonchev–Trinajstić information content (AvgIpc) is 2.30. The van der Waals surface area contributed by atoms with Crippen LogP contribution in [0.25, 0.3) is 0 Å². The second-order valence-corrected chi connectivity index (χ2v) is 8.26. The molecule has 0 aromatic rings. The van der Waals surface area contributed by atoms with Crippen LogP contribution in [0.1, 0.15) is 51.9 Å². The molecule has 0 aromatic heterocycles. The second-order valence-electron chi connectivity index (χ2n) is 4.80. The highest BCUT2D eigenvalue weighted by atomic mass is 31.2. The Morgan fingerprint density at radius 3 is 1.53 bits per heavy atom. The van der Waals surface area contributed by atoms with Crippen molar-refractivity contribution >= 4 is 7.14 Å². The molecule has 2 N–H and O–H groups in total. The highest BCUT2D eigenvalue weighted by Gasteiger charge is 2.20. The molecule has 0 saturated heterocycles. The van der Waals surface area contributed by atoms with Crippen LogP contribution in [0.5, 0.6) is 0 Å². The second kappa shape index (κ2) is 11.3. The molecule has 0 rings (SSSR count). The molecule has 0 amide bonds. The first-order valence-corrected chi connectivity index (χ1v) is 9.23. The summed E-state index contributed by atoms with van der Waals surface area (Å²) in [6.07, 6.45) is 9.07. The third-order valence-electron chi connectivity index (χ3n) is 3.12. The van der Waals surface area contributed by atoms with E-state index in [1.807, 2.05) is 0 Å². The Hall–Kier alpha value is 0.150. The lowest BCUT2D eigenvalue weighted by Crippen LogP contribution is -2.02. The molecule has 0 atom stereocenters. The zero-order valence-electron chi connectivity index (χ0n) is 11.2. The number of rotatable bonds is 12. The van der Waals surface area contributed by atoms with Gasteiger partial charge in [-0.15, -0.1) is 0 Å². The van der Waals surface area contributed by atoms with Crippen molar-refractivity contribution in [2.24, 2.45) is 0 Å². The third kappa shape index (κ3) is 9.82. The van der Waals surface area contributed by atoms with Gasteiger partial charge in [-0.25, -0.2) is 0 Å². The zero-order chi connectivity index (χ0) is 13.0. The van der Waals surface area contributed by atoms with E-state index in [2.05, 4.69) is 6.92 Å². The molecule has 104 valence electrons. The predicted octanol–water partition coefficient (Wildman–Crippen LogP) is 3.08. The van der Waals surface area contributed by atoms with Crippen LogP contribution in [0.3, 0.4) is 0 Å². The summed E-state index contributed by atoms with van der Waals surface area (Å²) in [6.45, 7) is 2.56. The van der Waals surface area contributed by atoms with E-state index < -0.39 is 7.14 Å². The van der Waals surface area contributed by atoms with Gasteiger partial charge in [-0.2, -0.15) is 0 Å². The van der Waals surface area contributed by atoms with Gasteiger partial charge in [0.05, 0.1) is 7.14 Å². The van der Waals surface area contributed by atoms with Crippen molar-refractivity contribution in [1.82, 2.24) is 0 Å². The number of hydrogen-bond donors (Lipinski definition) is 2. The molecule has 0 aliphatic rings. The Labute approximate surface area is 106 Å². The molecule has 0 spiro atoms. The molecular weight excluding hydrogens is 235 g/mol. The third-order valence-corrected chi connectivity index (χ3v) is 6.51. The van der Waals surface area contributed by atoms with Crippen molar-refractivity contribution in [2.75, 3.05) is 31.7 Å². The van der Waals surface area contributed by atoms with Crippen LogP contribution < -0.4 is 0 Å². The molecule has 0 radical (unpaired) electrons. The van der Waals surface area contributed by atoms with Gasteiger partial charge in [0.15, 0.2) is 0 Å². The summed E-state index contributed by atoms with van der Waals surface area (Å²) in [5, 5.41) is 17.5. The average molecular weight is 264 g/mol. The van der Waals surface area contributed by atoms with Crippen molar-refractivity contribution in [3.63, 3.8) is 0 Å². The van der Waals surface area contributed by atoms with E-state index in [1.165, 1.54) is 0 Å². The van der Waals surface area contributed by atoms with Crippen molar-refractivity contribution < 1.29 is 14.8 Å². The molecule has 3 nitrogen and oxygen atoms in total. The predicted molar refractivity (Wildman–Crippen MR) is 74.4 cm³/mol. The molecule has 0 unspecified atom stereocenters. The van der Waals surface area contributed by atoms with E-state index in [1.54, 1.807) is 0 Å². The summed E-state index contributed by atoms with van der Waals surface area (Å²) in [5.41, 5.74) is 0. The lowest BCUT2D eigenvalue weighted by molar-refractivity contribution is 0.286. The number of aliphatic hydroxyl groups is 2. The van der Waals surface area contributed by atoms with Crippen LogP contribution in [-0.2, 0) is 4.57 Å². The molecule has 0 bridgehead atoms. The fraction of sp³-hybridized carbons (Fsp3) is 1.00. The molecule has 0 saturated carbocycles. The van der Waals surface area contributed by atoms with Gasteiger partial charge in [0, 0.05) is 31.7 Å². The van der Waals surface area contributed by atoms with Crippen LogP contribution in [0.15, 0.2) is 0 Å². The summed E-state index contributed by atoms with van der Waals surface area (Å²) >= 11 is 0. The van der Waals surface area contributed by atoms with Crippen LogP contribution in [0, 0.1) is 0 Å². The normalized spacial score (nSPS) is 11.9. The Morgan fingerprint density at radius 2 is 1.18 bits per heavy atom. The molecule has 0 heterocycles. The first-order chi connectivity index (χ1) is 8.18. The first kappa shape index (κ1) is 17.2. The molecular formula is C13H29O3P. The SMILES string of the molecule is CCCCCP(=O)(CCCCO)CCCCO. The molecule has 0 aromatic carbocycles. The van der Waals surface area contributed by atoms with Crippen molar-refractivity contribution in [3.05, 3.63) is 0 Å². The van der Waals surface area contributed by atoms with Crippen molar-refractivity contribution in [3.8, 4) is 0 Å². The summed E-state index contributed by atoms with van der Waals surface area (Å²) in [5.74, 6) is 0. The maximum Gasteiger partial charge on any atom is 0.0877 e. The smallest absolute Gasteiger partial charge is 0.0877 e. The number of hydrogen-bond acceptors (Lipinski definition) is 3. The Balaban J connectivity index is 4.00. The highest BCUT2D eigenvalue weighted by molar-refractivity contribution is 7.63. The van der Waals surface area contributed by atoms with Gasteiger partial charge >= 0.3 is 0 Å². The van der Waals surface area contributed by atoms with Gasteiger partial charge in [-0.1, -0.05) is 19.8 Å². The molecule has 4 heteroatoms. The summed E-state index contributed by atoms with van der Waals surface area (Å²) in [6, 6.07) is 0. The number of aliphatic hydroxyl groups excluding tert-OH is 2. The number of unbranched alkanes of at least 4 members (excludes halogenated alkanes) is 4. The quantitative estimate of drug-likeness (QED) is 0.420. The molecule has 17 heavy (non-hydrogen) atoms. The Morgan fingerprint density at radius 1 is 0.765 bits per heavy atom. The van der Waals surface area contributed by atoms with Crippen LogP contribution in [0.4, 0.5) is 0 Å². The summed E-state index contributed by atoms with van der Waals surface area (Å²) in [4.78, 5) is 0. The molecule has 0 aliphatic heterocycles. The zero-order valence-corrected chi connectivity index (χ0v) is 12.1. The van der Waals surface area contributed by atoms with Gasteiger partial charge in [0.25, 0.3) is 0 Å². The van der Waals surface area contributed by atoms with Crippen LogP contribution in [-0.4, -0.2) is 41.9 Å². The lowest BCUT2D eigenvalue weighted by atomic mass is 10.3. The fourth-order valence-electron chi connectivity index (χ4n) is 2.01. The van der Waals surface area contributed by atoms with Gasteiger partial charge < -0.3 is 14.8 Å². The van der Waals surface area contributed by atoms with E-state index in [0.29, 0.717) is 0 Å². The monoisotopic (exact) mass is 264 g/mol. The maximum absolute atomic E-state index is 12.7. The minimum Gasteiger partial charge on any atom is -0.396 e. The van der Waals surface area contributed by atoms with Crippen molar-refractivity contribution in [2.45, 2.75) is 51.9 Å².